The molecule has 0 saturated heterocycles. The fourth-order valence-electron chi connectivity index (χ4n) is 4.43. The molecule has 1 aliphatic heterocycles. The average molecular weight is 548 g/mol. The first kappa shape index (κ1) is 28.9. The first-order valence-electron chi connectivity index (χ1n) is 11.5. The van der Waals surface area contributed by atoms with E-state index in [4.69, 9.17) is 14.2 Å². The maximum absolute atomic E-state index is 13.5. The third kappa shape index (κ3) is 5.91. The van der Waals surface area contributed by atoms with Crippen molar-refractivity contribution in [3.05, 3.63) is 52.6 Å². The van der Waals surface area contributed by atoms with Crippen LogP contribution in [0.3, 0.4) is 0 Å². The van der Waals surface area contributed by atoms with Gasteiger partial charge in [0.25, 0.3) is 5.91 Å². The molecule has 3 rings (SSSR count). The van der Waals surface area contributed by atoms with Gasteiger partial charge in [0.1, 0.15) is 0 Å². The van der Waals surface area contributed by atoms with E-state index in [1.54, 1.807) is 26.0 Å². The Morgan fingerprint density at radius 2 is 1.63 bits per heavy atom. The van der Waals surface area contributed by atoms with E-state index in [-0.39, 0.29) is 19.2 Å². The highest BCUT2D eigenvalue weighted by Crippen LogP contribution is 2.45. The number of benzene rings is 2. The smallest absolute Gasteiger partial charge is 0.417 e. The quantitative estimate of drug-likeness (QED) is 0.448. The molecule has 0 aromatic heterocycles. The molecule has 13 heteroatoms. The van der Waals surface area contributed by atoms with E-state index in [0.29, 0.717) is 41.3 Å². The predicted molar refractivity (Wildman–Crippen MR) is 125 cm³/mol. The molecule has 0 bridgehead atoms. The monoisotopic (exact) mass is 548 g/mol. The number of hydrogen-bond donors (Lipinski definition) is 1. The molecule has 2 aromatic rings. The van der Waals surface area contributed by atoms with Crippen molar-refractivity contribution in [2.24, 2.45) is 0 Å². The Balaban J connectivity index is 1.96. The largest absolute Gasteiger partial charge is 0.493 e. The zero-order valence-corrected chi connectivity index (χ0v) is 20.9. The van der Waals surface area contributed by atoms with Crippen LogP contribution in [-0.2, 0) is 17.1 Å². The van der Waals surface area contributed by atoms with E-state index in [1.807, 2.05) is 0 Å². The predicted octanol–water partition coefficient (Wildman–Crippen LogP) is 6.01. The highest BCUT2D eigenvalue weighted by molar-refractivity contribution is 5.96. The van der Waals surface area contributed by atoms with Crippen LogP contribution in [0.5, 0.6) is 11.5 Å². The summed E-state index contributed by atoms with van der Waals surface area (Å²) in [7, 11) is 2.81. The number of halogens is 6. The molecule has 0 radical (unpaired) electrons. The number of nitrogens with zero attached hydrogens (tertiary/aromatic N) is 1. The second kappa shape index (κ2) is 11.0. The van der Waals surface area contributed by atoms with E-state index in [2.05, 4.69) is 5.32 Å². The SMILES string of the molecule is CCOC(=O)N1c2cc(OC)c(OC)cc2C(CNC(=O)c2ccc(C(F)(F)F)cc2C(F)(F)F)CC1C. The Morgan fingerprint density at radius 3 is 2.18 bits per heavy atom. The third-order valence-electron chi connectivity index (χ3n) is 6.17. The van der Waals surface area contributed by atoms with Gasteiger partial charge in [-0.05, 0) is 50.1 Å². The van der Waals surface area contributed by atoms with Crippen molar-refractivity contribution in [2.75, 3.05) is 32.3 Å². The van der Waals surface area contributed by atoms with Crippen LogP contribution < -0.4 is 19.7 Å². The van der Waals surface area contributed by atoms with E-state index < -0.39 is 53.0 Å². The number of anilines is 1. The fraction of sp³-hybridized carbons (Fsp3) is 0.440. The lowest BCUT2D eigenvalue weighted by atomic mass is 9.85. The first-order chi connectivity index (χ1) is 17.7. The van der Waals surface area contributed by atoms with Crippen LogP contribution in [0.1, 0.15) is 53.2 Å². The van der Waals surface area contributed by atoms with Crippen molar-refractivity contribution in [3.8, 4) is 11.5 Å². The lowest BCUT2D eigenvalue weighted by molar-refractivity contribution is -0.143. The minimum absolute atomic E-state index is 0.0821. The van der Waals surface area contributed by atoms with E-state index >= 15 is 0 Å². The Hall–Kier alpha value is -3.64. The summed E-state index contributed by atoms with van der Waals surface area (Å²) in [6, 6.07) is 3.58. The Labute approximate surface area is 214 Å². The number of nitrogens with one attached hydrogen (secondary N) is 1. The molecule has 38 heavy (non-hydrogen) atoms. The normalized spacial score (nSPS) is 17.5. The second-order valence-electron chi connectivity index (χ2n) is 8.58. The number of carbonyl (C=O) groups excluding carboxylic acids is 2. The topological polar surface area (TPSA) is 77.1 Å². The van der Waals surface area contributed by atoms with Gasteiger partial charge >= 0.3 is 18.4 Å². The highest BCUT2D eigenvalue weighted by atomic mass is 19.4. The maximum atomic E-state index is 13.5. The molecular weight excluding hydrogens is 522 g/mol. The number of rotatable bonds is 6. The number of ether oxygens (including phenoxy) is 3. The number of alkyl halides is 6. The number of amides is 2. The van der Waals surface area contributed by atoms with Gasteiger partial charge in [-0.3, -0.25) is 9.69 Å². The van der Waals surface area contributed by atoms with Crippen LogP contribution in [0, 0.1) is 0 Å². The summed E-state index contributed by atoms with van der Waals surface area (Å²) in [5.74, 6) is -1.04. The van der Waals surface area contributed by atoms with Crippen LogP contribution in [0.4, 0.5) is 36.8 Å². The third-order valence-corrected chi connectivity index (χ3v) is 6.17. The summed E-state index contributed by atoms with van der Waals surface area (Å²) in [6.07, 6.45) is -10.5. The van der Waals surface area contributed by atoms with Crippen molar-refractivity contribution in [2.45, 2.75) is 44.6 Å². The number of hydrogen-bond acceptors (Lipinski definition) is 5. The van der Waals surface area contributed by atoms with E-state index in [0.717, 1.165) is 0 Å². The Bertz CT molecular complexity index is 1200. The lowest BCUT2D eigenvalue weighted by Gasteiger charge is -2.39. The number of fused-ring (bicyclic) bond motifs is 1. The van der Waals surface area contributed by atoms with Crippen LogP contribution in [0.2, 0.25) is 0 Å². The molecule has 0 fully saturated rings. The zero-order chi connectivity index (χ0) is 28.4. The molecule has 0 spiro atoms. The highest BCUT2D eigenvalue weighted by Gasteiger charge is 2.40. The van der Waals surface area contributed by atoms with E-state index in [9.17, 15) is 35.9 Å². The minimum Gasteiger partial charge on any atom is -0.493 e. The summed E-state index contributed by atoms with van der Waals surface area (Å²) in [6.45, 7) is 3.35. The molecule has 208 valence electrons. The van der Waals surface area contributed by atoms with E-state index in [1.165, 1.54) is 19.1 Å². The van der Waals surface area contributed by atoms with Crippen LogP contribution in [0.15, 0.2) is 30.3 Å². The molecule has 1 heterocycles. The van der Waals surface area contributed by atoms with Gasteiger partial charge in [-0.15, -0.1) is 0 Å². The van der Waals surface area contributed by atoms with Gasteiger partial charge in [0, 0.05) is 24.6 Å². The van der Waals surface area contributed by atoms with Crippen LogP contribution in [0.25, 0.3) is 0 Å². The molecule has 7 nitrogen and oxygen atoms in total. The molecule has 1 aliphatic rings. The standard InChI is InChI=1S/C25H26F6N2O5/c1-5-38-23(35)33-13(2)8-14(17-10-20(36-3)21(37-4)11-19(17)33)12-32-22(34)16-7-6-15(24(26,27)28)9-18(16)25(29,30)31/h6-7,9-11,13-14H,5,8,12H2,1-4H3,(H,32,34). The fourth-order valence-corrected chi connectivity index (χ4v) is 4.43. The summed E-state index contributed by atoms with van der Waals surface area (Å²) in [5, 5.41) is 2.41. The van der Waals surface area contributed by atoms with Gasteiger partial charge in [0.05, 0.1) is 43.2 Å². The van der Waals surface area contributed by atoms with Crippen LogP contribution >= 0.6 is 0 Å². The minimum atomic E-state index is -5.19. The van der Waals surface area contributed by atoms with Crippen molar-refractivity contribution in [1.29, 1.82) is 0 Å². The van der Waals surface area contributed by atoms with Gasteiger partial charge < -0.3 is 19.5 Å². The summed E-state index contributed by atoms with van der Waals surface area (Å²) in [5.41, 5.74) is -3.20. The first-order valence-corrected chi connectivity index (χ1v) is 11.5. The molecule has 1 N–H and O–H groups in total. The lowest BCUT2D eigenvalue weighted by Crippen LogP contribution is -2.45. The molecule has 2 atom stereocenters. The Morgan fingerprint density at radius 1 is 1.00 bits per heavy atom. The zero-order valence-electron chi connectivity index (χ0n) is 20.9. The van der Waals surface area contributed by atoms with Gasteiger partial charge in [0.2, 0.25) is 0 Å². The van der Waals surface area contributed by atoms with Crippen molar-refractivity contribution in [3.63, 3.8) is 0 Å². The molecule has 0 aliphatic carbocycles. The van der Waals surface area contributed by atoms with Crippen molar-refractivity contribution < 1.29 is 50.1 Å². The summed E-state index contributed by atoms with van der Waals surface area (Å²) in [4.78, 5) is 26.9. The van der Waals surface area contributed by atoms with Gasteiger partial charge in [0.15, 0.2) is 11.5 Å². The van der Waals surface area contributed by atoms with Gasteiger partial charge in [-0.25, -0.2) is 4.79 Å². The number of methoxy groups -OCH3 is 2. The second-order valence-corrected chi connectivity index (χ2v) is 8.58. The number of carbonyl (C=O) groups is 2. The summed E-state index contributed by atoms with van der Waals surface area (Å²) < 4.78 is 95.4. The van der Waals surface area contributed by atoms with Crippen LogP contribution in [-0.4, -0.2) is 45.4 Å². The molecule has 2 unspecified atom stereocenters. The molecule has 0 saturated carbocycles. The molecular formula is C25H26F6N2O5. The maximum Gasteiger partial charge on any atom is 0.417 e. The average Bonchev–Trinajstić information content (AvgIpc) is 2.84. The van der Waals surface area contributed by atoms with Gasteiger partial charge in [-0.2, -0.15) is 26.3 Å². The molecule has 2 aromatic carbocycles. The van der Waals surface area contributed by atoms with Gasteiger partial charge in [-0.1, -0.05) is 0 Å². The Kier molecular flexibility index (Phi) is 8.37. The molecule has 2 amide bonds. The van der Waals surface area contributed by atoms with Crippen molar-refractivity contribution >= 4 is 17.7 Å². The summed E-state index contributed by atoms with van der Waals surface area (Å²) >= 11 is 0. The van der Waals surface area contributed by atoms with Crippen molar-refractivity contribution in [1.82, 2.24) is 5.32 Å².